The van der Waals surface area contributed by atoms with Crippen LogP contribution in [-0.4, -0.2) is 52.3 Å². The van der Waals surface area contributed by atoms with Crippen molar-refractivity contribution in [3.63, 3.8) is 0 Å². The molecule has 3 aromatic rings. The predicted molar refractivity (Wildman–Crippen MR) is 142 cm³/mol. The first-order valence-electron chi connectivity index (χ1n) is 11.7. The van der Waals surface area contributed by atoms with Crippen LogP contribution >= 0.6 is 27.7 Å². The Morgan fingerprint density at radius 1 is 1.08 bits per heavy atom. The van der Waals surface area contributed by atoms with E-state index in [4.69, 9.17) is 0 Å². The minimum Gasteiger partial charge on any atom is -0.368 e. The lowest BCUT2D eigenvalue weighted by Gasteiger charge is -2.36. The van der Waals surface area contributed by atoms with Crippen LogP contribution in [0, 0.1) is 6.92 Å². The number of piperazine rings is 1. The molecule has 0 N–H and O–H groups in total. The highest BCUT2D eigenvalue weighted by Gasteiger charge is 2.31. The SMILES string of the molecule is Cc1nc(SCC(=O)N2CCN(c3cccc(C(F)(F)F)c3)CC2)n(C)c(=O)c1Cc1ccc(Br)cc1. The fraction of sp³-hybridized carbons (Fsp3) is 0.346. The Morgan fingerprint density at radius 2 is 1.76 bits per heavy atom. The minimum absolute atomic E-state index is 0.0977. The molecule has 0 aliphatic carbocycles. The first kappa shape index (κ1) is 27.3. The van der Waals surface area contributed by atoms with Gasteiger partial charge in [0.15, 0.2) is 5.16 Å². The molecule has 0 saturated carbocycles. The Kier molecular flexibility index (Phi) is 8.33. The molecule has 1 aliphatic rings. The molecule has 37 heavy (non-hydrogen) atoms. The number of nitrogens with zero attached hydrogens (tertiary/aromatic N) is 4. The van der Waals surface area contributed by atoms with E-state index >= 15 is 0 Å². The zero-order valence-corrected chi connectivity index (χ0v) is 22.8. The maximum absolute atomic E-state index is 13.0. The summed E-state index contributed by atoms with van der Waals surface area (Å²) >= 11 is 4.62. The van der Waals surface area contributed by atoms with Crippen LogP contribution in [0.15, 0.2) is 63.0 Å². The summed E-state index contributed by atoms with van der Waals surface area (Å²) in [6.07, 6.45) is -3.92. The van der Waals surface area contributed by atoms with Crippen LogP contribution in [0.3, 0.4) is 0 Å². The monoisotopic (exact) mass is 594 g/mol. The predicted octanol–water partition coefficient (Wildman–Crippen LogP) is 4.90. The highest BCUT2D eigenvalue weighted by Crippen LogP contribution is 2.32. The number of aryl methyl sites for hydroxylation is 1. The van der Waals surface area contributed by atoms with E-state index in [1.807, 2.05) is 29.2 Å². The third-order valence-corrected chi connectivity index (χ3v) is 7.88. The average Bonchev–Trinajstić information content (AvgIpc) is 2.88. The van der Waals surface area contributed by atoms with Crippen molar-refractivity contribution in [2.45, 2.75) is 24.7 Å². The molecule has 4 rings (SSSR count). The van der Waals surface area contributed by atoms with Crippen molar-refractivity contribution in [2.24, 2.45) is 7.05 Å². The quantitative estimate of drug-likeness (QED) is 0.300. The smallest absolute Gasteiger partial charge is 0.368 e. The van der Waals surface area contributed by atoms with Crippen molar-refractivity contribution in [1.29, 1.82) is 0 Å². The van der Waals surface area contributed by atoms with Gasteiger partial charge in [-0.1, -0.05) is 45.9 Å². The van der Waals surface area contributed by atoms with E-state index in [0.29, 0.717) is 54.7 Å². The lowest BCUT2D eigenvalue weighted by molar-refractivity contribution is -0.137. The standard InChI is InChI=1S/C26H26BrF3N4O2S/c1-17-22(14-18-6-8-20(27)9-7-18)24(36)32(2)25(31-17)37-16-23(35)34-12-10-33(11-13-34)21-5-3-4-19(15-21)26(28,29)30/h3-9,15H,10-14,16H2,1-2H3. The van der Waals surface area contributed by atoms with Gasteiger partial charge in [-0.15, -0.1) is 0 Å². The molecular weight excluding hydrogens is 569 g/mol. The molecule has 196 valence electrons. The Balaban J connectivity index is 1.35. The maximum atomic E-state index is 13.0. The molecule has 1 amide bonds. The van der Waals surface area contributed by atoms with Crippen molar-refractivity contribution in [3.8, 4) is 0 Å². The van der Waals surface area contributed by atoms with E-state index in [1.54, 1.807) is 24.9 Å². The third kappa shape index (κ3) is 6.56. The van der Waals surface area contributed by atoms with Gasteiger partial charge in [0.2, 0.25) is 5.91 Å². The highest BCUT2D eigenvalue weighted by molar-refractivity contribution is 9.10. The number of anilines is 1. The zero-order valence-electron chi connectivity index (χ0n) is 20.4. The van der Waals surface area contributed by atoms with Gasteiger partial charge < -0.3 is 9.80 Å². The molecule has 0 unspecified atom stereocenters. The molecule has 1 aromatic heterocycles. The van der Waals surface area contributed by atoms with Crippen LogP contribution in [0.25, 0.3) is 0 Å². The number of carbonyl (C=O) groups is 1. The number of hydrogen-bond donors (Lipinski definition) is 0. The van der Waals surface area contributed by atoms with Gasteiger partial charge in [0.05, 0.1) is 11.3 Å². The summed E-state index contributed by atoms with van der Waals surface area (Å²) in [5, 5.41) is 0.470. The van der Waals surface area contributed by atoms with Gasteiger partial charge in [-0.2, -0.15) is 13.2 Å². The molecule has 6 nitrogen and oxygen atoms in total. The molecule has 1 fully saturated rings. The number of carbonyl (C=O) groups excluding carboxylic acids is 1. The van der Waals surface area contributed by atoms with Crippen LogP contribution in [0.2, 0.25) is 0 Å². The molecule has 0 spiro atoms. The number of hydrogen-bond acceptors (Lipinski definition) is 5. The van der Waals surface area contributed by atoms with E-state index in [2.05, 4.69) is 20.9 Å². The fourth-order valence-electron chi connectivity index (χ4n) is 4.18. The maximum Gasteiger partial charge on any atom is 0.416 e. The number of thioether (sulfide) groups is 1. The van der Waals surface area contributed by atoms with Crippen LogP contribution in [0.5, 0.6) is 0 Å². The van der Waals surface area contributed by atoms with Gasteiger partial charge in [0.25, 0.3) is 5.56 Å². The highest BCUT2D eigenvalue weighted by atomic mass is 79.9. The molecule has 11 heteroatoms. The number of benzene rings is 2. The van der Waals surface area contributed by atoms with Crippen molar-refractivity contribution in [2.75, 3.05) is 36.8 Å². The number of aromatic nitrogens is 2. The van der Waals surface area contributed by atoms with Crippen LogP contribution in [-0.2, 0) is 24.4 Å². The van der Waals surface area contributed by atoms with Crippen molar-refractivity contribution >= 4 is 39.3 Å². The molecular formula is C26H26BrF3N4O2S. The molecule has 0 radical (unpaired) electrons. The second-order valence-corrected chi connectivity index (χ2v) is 10.7. The normalized spacial score (nSPS) is 14.2. The van der Waals surface area contributed by atoms with Gasteiger partial charge in [0.1, 0.15) is 0 Å². The van der Waals surface area contributed by atoms with E-state index in [0.717, 1.165) is 22.2 Å². The summed E-state index contributed by atoms with van der Waals surface area (Å²) in [6, 6.07) is 13.0. The molecule has 2 heterocycles. The molecule has 2 aromatic carbocycles. The van der Waals surface area contributed by atoms with Gasteiger partial charge in [0, 0.05) is 61.1 Å². The Hall–Kier alpha value is -2.79. The Bertz CT molecular complexity index is 1340. The van der Waals surface area contributed by atoms with Crippen LogP contribution in [0.4, 0.5) is 18.9 Å². The van der Waals surface area contributed by atoms with Gasteiger partial charge in [-0.25, -0.2) is 4.98 Å². The summed E-state index contributed by atoms with van der Waals surface area (Å²) < 4.78 is 41.6. The van der Waals surface area contributed by atoms with Gasteiger partial charge in [-0.3, -0.25) is 14.2 Å². The van der Waals surface area contributed by atoms with Crippen LogP contribution in [0.1, 0.15) is 22.4 Å². The summed E-state index contributed by atoms with van der Waals surface area (Å²) in [5.74, 6) is 0.0227. The van der Waals surface area contributed by atoms with E-state index in [1.165, 1.54) is 22.4 Å². The lowest BCUT2D eigenvalue weighted by Crippen LogP contribution is -2.49. The van der Waals surface area contributed by atoms with Gasteiger partial charge >= 0.3 is 6.18 Å². The summed E-state index contributed by atoms with van der Waals surface area (Å²) in [4.78, 5) is 34.0. The second-order valence-electron chi connectivity index (χ2n) is 8.83. The Labute approximate surface area is 225 Å². The summed E-state index contributed by atoms with van der Waals surface area (Å²) in [6.45, 7) is 3.51. The Morgan fingerprint density at radius 3 is 2.41 bits per heavy atom. The topological polar surface area (TPSA) is 58.4 Å². The lowest BCUT2D eigenvalue weighted by atomic mass is 10.1. The van der Waals surface area contributed by atoms with Crippen molar-refractivity contribution < 1.29 is 18.0 Å². The average molecular weight is 595 g/mol. The summed E-state index contributed by atoms with van der Waals surface area (Å²) in [7, 11) is 1.65. The molecule has 1 aliphatic heterocycles. The van der Waals surface area contributed by atoms with E-state index in [-0.39, 0.29) is 17.2 Å². The largest absolute Gasteiger partial charge is 0.416 e. The van der Waals surface area contributed by atoms with E-state index in [9.17, 15) is 22.8 Å². The third-order valence-electron chi connectivity index (χ3n) is 6.34. The number of halogens is 4. The zero-order chi connectivity index (χ0) is 26.7. The van der Waals surface area contributed by atoms with Crippen molar-refractivity contribution in [1.82, 2.24) is 14.5 Å². The number of rotatable bonds is 6. The van der Waals surface area contributed by atoms with Crippen molar-refractivity contribution in [3.05, 3.63) is 85.7 Å². The fourth-order valence-corrected chi connectivity index (χ4v) is 5.36. The van der Waals surface area contributed by atoms with E-state index < -0.39 is 11.7 Å². The molecule has 0 atom stereocenters. The summed E-state index contributed by atoms with van der Waals surface area (Å²) in [5.41, 5.74) is 1.93. The van der Waals surface area contributed by atoms with Gasteiger partial charge in [-0.05, 0) is 42.8 Å². The van der Waals surface area contributed by atoms with Crippen LogP contribution < -0.4 is 10.5 Å². The first-order chi connectivity index (χ1) is 17.5. The molecule has 0 bridgehead atoms. The molecule has 1 saturated heterocycles. The minimum atomic E-state index is -4.39. The second kappa shape index (κ2) is 11.3. The number of amides is 1. The number of alkyl halides is 3. The first-order valence-corrected chi connectivity index (χ1v) is 13.4.